The van der Waals surface area contributed by atoms with Crippen LogP contribution in [0.2, 0.25) is 0 Å². The van der Waals surface area contributed by atoms with E-state index in [9.17, 15) is 0 Å². The second-order valence-corrected chi connectivity index (χ2v) is 3.94. The number of nitrogens with zero attached hydrogens (tertiary/aromatic N) is 2. The summed E-state index contributed by atoms with van der Waals surface area (Å²) in [6.07, 6.45) is 3.67. The molecule has 0 N–H and O–H groups in total. The van der Waals surface area contributed by atoms with Crippen molar-refractivity contribution >= 4 is 0 Å². The van der Waals surface area contributed by atoms with Crippen molar-refractivity contribution in [3.8, 4) is 11.5 Å². The molecule has 1 aliphatic carbocycles. The number of hydrogen-bond donors (Lipinski definition) is 0. The highest BCUT2D eigenvalue weighted by Crippen LogP contribution is 2.36. The molecule has 0 unspecified atom stereocenters. The minimum absolute atomic E-state index is 0.509. The molecule has 0 atom stereocenters. The van der Waals surface area contributed by atoms with Gasteiger partial charge in [-0.2, -0.15) is 0 Å². The van der Waals surface area contributed by atoms with Crippen molar-refractivity contribution in [2.45, 2.75) is 25.2 Å². The summed E-state index contributed by atoms with van der Waals surface area (Å²) in [5.41, 5.74) is 0.996. The molecule has 0 bridgehead atoms. The number of rotatable bonds is 2. The summed E-state index contributed by atoms with van der Waals surface area (Å²) >= 11 is 0. The summed E-state index contributed by atoms with van der Waals surface area (Å²) in [4.78, 5) is 0. The molecule has 3 rings (SSSR count). The molecule has 1 aromatic carbocycles. The predicted molar refractivity (Wildman–Crippen MR) is 56.3 cm³/mol. The molecule has 0 spiro atoms. The van der Waals surface area contributed by atoms with Crippen LogP contribution in [0.4, 0.5) is 0 Å². The number of aromatic nitrogens is 2. The molecule has 0 radical (unpaired) electrons. The quantitative estimate of drug-likeness (QED) is 0.748. The molecule has 0 saturated heterocycles. The molecule has 1 heterocycles. The second-order valence-electron chi connectivity index (χ2n) is 3.94. The first-order valence-corrected chi connectivity index (χ1v) is 5.32. The average Bonchev–Trinajstić information content (AvgIpc) is 2.66. The van der Waals surface area contributed by atoms with E-state index in [0.717, 1.165) is 11.5 Å². The molecule has 0 amide bonds. The van der Waals surface area contributed by atoms with E-state index in [1.165, 1.54) is 19.3 Å². The van der Waals surface area contributed by atoms with E-state index in [2.05, 4.69) is 10.2 Å². The highest BCUT2D eigenvalue weighted by atomic mass is 16.4. The van der Waals surface area contributed by atoms with Gasteiger partial charge in [-0.15, -0.1) is 10.2 Å². The highest BCUT2D eigenvalue weighted by Gasteiger charge is 2.25. The zero-order chi connectivity index (χ0) is 10.1. The van der Waals surface area contributed by atoms with Crippen LogP contribution >= 0.6 is 0 Å². The zero-order valence-electron chi connectivity index (χ0n) is 8.39. The Morgan fingerprint density at radius 3 is 2.53 bits per heavy atom. The van der Waals surface area contributed by atoms with Crippen LogP contribution < -0.4 is 0 Å². The average molecular weight is 200 g/mol. The Morgan fingerprint density at radius 2 is 1.87 bits per heavy atom. The minimum Gasteiger partial charge on any atom is -0.420 e. The monoisotopic (exact) mass is 200 g/mol. The van der Waals surface area contributed by atoms with Gasteiger partial charge in [0.05, 0.1) is 0 Å². The fourth-order valence-electron chi connectivity index (χ4n) is 1.75. The van der Waals surface area contributed by atoms with Crippen LogP contribution in [0.5, 0.6) is 0 Å². The smallest absolute Gasteiger partial charge is 0.247 e. The van der Waals surface area contributed by atoms with E-state index in [4.69, 9.17) is 4.42 Å². The van der Waals surface area contributed by atoms with Crippen molar-refractivity contribution in [1.82, 2.24) is 10.2 Å². The number of benzene rings is 1. The lowest BCUT2D eigenvalue weighted by molar-refractivity contribution is 0.338. The highest BCUT2D eigenvalue weighted by molar-refractivity contribution is 5.51. The van der Waals surface area contributed by atoms with Gasteiger partial charge in [0.2, 0.25) is 11.8 Å². The van der Waals surface area contributed by atoms with Gasteiger partial charge < -0.3 is 4.42 Å². The van der Waals surface area contributed by atoms with Gasteiger partial charge in [0.25, 0.3) is 0 Å². The van der Waals surface area contributed by atoms with Gasteiger partial charge in [-0.25, -0.2) is 0 Å². The van der Waals surface area contributed by atoms with Crippen molar-refractivity contribution in [2.24, 2.45) is 0 Å². The van der Waals surface area contributed by atoms with Crippen LogP contribution in [0.1, 0.15) is 31.1 Å². The Kier molecular flexibility index (Phi) is 2.02. The van der Waals surface area contributed by atoms with E-state index in [0.29, 0.717) is 11.8 Å². The Balaban J connectivity index is 1.90. The summed E-state index contributed by atoms with van der Waals surface area (Å²) in [7, 11) is 0. The lowest BCUT2D eigenvalue weighted by atomic mass is 9.85. The van der Waals surface area contributed by atoms with Crippen LogP contribution in [0, 0.1) is 0 Å². The van der Waals surface area contributed by atoms with Crippen LogP contribution in [0.15, 0.2) is 34.7 Å². The van der Waals surface area contributed by atoms with Crippen molar-refractivity contribution in [3.05, 3.63) is 36.2 Å². The molecule has 3 heteroatoms. The van der Waals surface area contributed by atoms with Crippen molar-refractivity contribution in [3.63, 3.8) is 0 Å². The van der Waals surface area contributed by atoms with E-state index in [-0.39, 0.29) is 0 Å². The third kappa shape index (κ3) is 1.54. The summed E-state index contributed by atoms with van der Waals surface area (Å²) in [5.74, 6) is 1.95. The molecule has 2 aromatic rings. The third-order valence-corrected chi connectivity index (χ3v) is 2.92. The van der Waals surface area contributed by atoms with Gasteiger partial charge in [-0.05, 0) is 25.0 Å². The van der Waals surface area contributed by atoms with E-state index in [1.54, 1.807) is 0 Å². The second kappa shape index (κ2) is 3.50. The lowest BCUT2D eigenvalue weighted by Gasteiger charge is -2.20. The first kappa shape index (κ1) is 8.65. The zero-order valence-corrected chi connectivity index (χ0v) is 8.39. The van der Waals surface area contributed by atoms with E-state index in [1.807, 2.05) is 30.3 Å². The van der Waals surface area contributed by atoms with Crippen molar-refractivity contribution in [2.75, 3.05) is 0 Å². The summed E-state index contributed by atoms with van der Waals surface area (Å²) in [5, 5.41) is 8.17. The van der Waals surface area contributed by atoms with Crippen LogP contribution in [0.3, 0.4) is 0 Å². The Labute approximate surface area is 88.1 Å². The van der Waals surface area contributed by atoms with Crippen molar-refractivity contribution in [1.29, 1.82) is 0 Å². The molecule has 1 saturated carbocycles. The predicted octanol–water partition coefficient (Wildman–Crippen LogP) is 3.00. The van der Waals surface area contributed by atoms with Gasteiger partial charge in [0.1, 0.15) is 0 Å². The maximum absolute atomic E-state index is 5.65. The standard InChI is InChI=1S/C12H12N2O/c1-2-5-9(6-3-1)11-13-14-12(15-11)10-7-4-8-10/h1-3,5-6,10H,4,7-8H2. The van der Waals surface area contributed by atoms with E-state index < -0.39 is 0 Å². The summed E-state index contributed by atoms with van der Waals surface area (Å²) in [6.45, 7) is 0. The molecule has 1 fully saturated rings. The Morgan fingerprint density at radius 1 is 1.07 bits per heavy atom. The normalized spacial score (nSPS) is 16.3. The molecule has 0 aliphatic heterocycles. The number of hydrogen-bond acceptors (Lipinski definition) is 3. The third-order valence-electron chi connectivity index (χ3n) is 2.92. The van der Waals surface area contributed by atoms with E-state index >= 15 is 0 Å². The topological polar surface area (TPSA) is 38.9 Å². The maximum Gasteiger partial charge on any atom is 0.247 e. The van der Waals surface area contributed by atoms with Gasteiger partial charge in [0, 0.05) is 11.5 Å². The molecule has 1 aromatic heterocycles. The first-order chi connectivity index (χ1) is 7.43. The molecule has 76 valence electrons. The van der Waals surface area contributed by atoms with Gasteiger partial charge in [-0.1, -0.05) is 24.6 Å². The Hall–Kier alpha value is -1.64. The minimum atomic E-state index is 0.509. The summed E-state index contributed by atoms with van der Waals surface area (Å²) < 4.78 is 5.65. The lowest BCUT2D eigenvalue weighted by Crippen LogP contribution is -2.08. The van der Waals surface area contributed by atoms with Crippen LogP contribution in [0.25, 0.3) is 11.5 Å². The maximum atomic E-state index is 5.65. The van der Waals surface area contributed by atoms with Gasteiger partial charge >= 0.3 is 0 Å². The molecular weight excluding hydrogens is 188 g/mol. The molecule has 1 aliphatic rings. The molecular formula is C12H12N2O. The van der Waals surface area contributed by atoms with Gasteiger partial charge in [-0.3, -0.25) is 0 Å². The fourth-order valence-corrected chi connectivity index (χ4v) is 1.75. The Bertz CT molecular complexity index is 446. The first-order valence-electron chi connectivity index (χ1n) is 5.32. The fraction of sp³-hybridized carbons (Fsp3) is 0.333. The summed E-state index contributed by atoms with van der Waals surface area (Å²) in [6, 6.07) is 9.90. The van der Waals surface area contributed by atoms with Crippen LogP contribution in [-0.4, -0.2) is 10.2 Å². The largest absolute Gasteiger partial charge is 0.420 e. The molecule has 3 nitrogen and oxygen atoms in total. The van der Waals surface area contributed by atoms with Crippen molar-refractivity contribution < 1.29 is 4.42 Å². The SMILES string of the molecule is c1ccc(-c2nnc(C3CCC3)o2)cc1. The molecule has 15 heavy (non-hydrogen) atoms. The van der Waals surface area contributed by atoms with Gasteiger partial charge in [0.15, 0.2) is 0 Å². The van der Waals surface area contributed by atoms with Crippen LogP contribution in [-0.2, 0) is 0 Å².